The summed E-state index contributed by atoms with van der Waals surface area (Å²) in [4.78, 5) is 28.2. The highest BCUT2D eigenvalue weighted by Gasteiger charge is 2.25. The molecule has 0 fully saturated rings. The number of nitrogens with one attached hydrogen (secondary N) is 3. The summed E-state index contributed by atoms with van der Waals surface area (Å²) in [5.41, 5.74) is 2.40. The highest BCUT2D eigenvalue weighted by atomic mass is 32.2. The van der Waals surface area contributed by atoms with Crippen molar-refractivity contribution < 1.29 is 23.1 Å². The third kappa shape index (κ3) is 6.54. The lowest BCUT2D eigenvalue weighted by molar-refractivity contribution is -0.137. The number of aliphatic carboxylic acids is 1. The van der Waals surface area contributed by atoms with Crippen LogP contribution in [0.5, 0.6) is 0 Å². The maximum absolute atomic E-state index is 13.1. The standard InChI is InChI=1S/C25H22N4O5S2/c30-23(31)16-21(17-5-2-1-3-6-17)29-36(33,34)24-10-9-22(35-24)18-7-4-8-20(15-18)28-25(32)27-19-11-13-26-14-12-19/h1-15,21,29H,16H2,(H,30,31)(H2,26,27,28,32). The van der Waals surface area contributed by atoms with Gasteiger partial charge in [0.05, 0.1) is 12.5 Å². The lowest BCUT2D eigenvalue weighted by atomic mass is 10.1. The van der Waals surface area contributed by atoms with Gasteiger partial charge in [0.1, 0.15) is 4.21 Å². The summed E-state index contributed by atoms with van der Waals surface area (Å²) in [6.07, 6.45) is 2.74. The molecule has 11 heteroatoms. The van der Waals surface area contributed by atoms with Gasteiger partial charge in [-0.2, -0.15) is 0 Å². The fraction of sp³-hybridized carbons (Fsp3) is 0.0800. The highest BCUT2D eigenvalue weighted by Crippen LogP contribution is 2.33. The third-order valence-electron chi connectivity index (χ3n) is 5.07. The number of hydrogen-bond acceptors (Lipinski definition) is 6. The number of sulfonamides is 1. The number of rotatable bonds is 9. The molecular formula is C25H22N4O5S2. The van der Waals surface area contributed by atoms with Gasteiger partial charge in [0.25, 0.3) is 10.0 Å². The van der Waals surface area contributed by atoms with Crippen LogP contribution in [0.15, 0.2) is 95.5 Å². The minimum atomic E-state index is -3.98. The number of hydrogen-bond donors (Lipinski definition) is 4. The average molecular weight is 523 g/mol. The SMILES string of the molecule is O=C(O)CC(NS(=O)(=O)c1ccc(-c2cccc(NC(=O)Nc3ccncc3)c2)s1)c1ccccc1. The fourth-order valence-electron chi connectivity index (χ4n) is 3.43. The minimum Gasteiger partial charge on any atom is -0.481 e. The van der Waals surface area contributed by atoms with Crippen LogP contribution in [0, 0.1) is 0 Å². The zero-order valence-electron chi connectivity index (χ0n) is 18.8. The van der Waals surface area contributed by atoms with E-state index in [1.807, 2.05) is 0 Å². The number of thiophene rings is 1. The number of amides is 2. The van der Waals surface area contributed by atoms with Gasteiger partial charge in [0.15, 0.2) is 0 Å². The molecule has 0 aliphatic rings. The zero-order chi connectivity index (χ0) is 25.5. The van der Waals surface area contributed by atoms with E-state index in [0.717, 1.165) is 11.3 Å². The van der Waals surface area contributed by atoms with E-state index in [-0.39, 0.29) is 4.21 Å². The smallest absolute Gasteiger partial charge is 0.323 e. The second-order valence-corrected chi connectivity index (χ2v) is 10.7. The van der Waals surface area contributed by atoms with Crippen molar-refractivity contribution in [1.82, 2.24) is 9.71 Å². The lowest BCUT2D eigenvalue weighted by Crippen LogP contribution is -2.29. The number of urea groups is 1. The summed E-state index contributed by atoms with van der Waals surface area (Å²) < 4.78 is 28.7. The molecule has 0 saturated carbocycles. The molecule has 0 spiro atoms. The van der Waals surface area contributed by atoms with E-state index in [1.54, 1.807) is 85.2 Å². The van der Waals surface area contributed by atoms with Crippen LogP contribution in [0.4, 0.5) is 16.2 Å². The van der Waals surface area contributed by atoms with Crippen molar-refractivity contribution in [2.24, 2.45) is 0 Å². The number of pyridine rings is 1. The second kappa shape index (κ2) is 11.1. The van der Waals surface area contributed by atoms with Crippen molar-refractivity contribution >= 4 is 44.7 Å². The predicted molar refractivity (Wildman–Crippen MR) is 138 cm³/mol. The van der Waals surface area contributed by atoms with Crippen LogP contribution >= 0.6 is 11.3 Å². The summed E-state index contributed by atoms with van der Waals surface area (Å²) in [6.45, 7) is 0. The average Bonchev–Trinajstić information content (AvgIpc) is 3.36. The van der Waals surface area contributed by atoms with Gasteiger partial charge < -0.3 is 15.7 Å². The summed E-state index contributed by atoms with van der Waals surface area (Å²) in [6, 6.07) is 20.7. The monoisotopic (exact) mass is 522 g/mol. The Morgan fingerprint density at radius 1 is 0.889 bits per heavy atom. The summed E-state index contributed by atoms with van der Waals surface area (Å²) in [7, 11) is -3.98. The number of carbonyl (C=O) groups is 2. The van der Waals surface area contributed by atoms with E-state index in [9.17, 15) is 23.1 Å². The van der Waals surface area contributed by atoms with E-state index in [1.165, 1.54) is 6.07 Å². The van der Waals surface area contributed by atoms with Crippen LogP contribution < -0.4 is 15.4 Å². The minimum absolute atomic E-state index is 0.0533. The number of carboxylic acids is 1. The summed E-state index contributed by atoms with van der Waals surface area (Å²) in [5.74, 6) is -1.12. The molecule has 1 atom stereocenters. The number of aromatic nitrogens is 1. The lowest BCUT2D eigenvalue weighted by Gasteiger charge is -2.16. The van der Waals surface area contributed by atoms with E-state index in [2.05, 4.69) is 20.3 Å². The third-order valence-corrected chi connectivity index (χ3v) is 8.17. The Morgan fingerprint density at radius 2 is 1.61 bits per heavy atom. The van der Waals surface area contributed by atoms with Crippen molar-refractivity contribution in [3.8, 4) is 10.4 Å². The molecule has 9 nitrogen and oxygen atoms in total. The number of anilines is 2. The highest BCUT2D eigenvalue weighted by molar-refractivity contribution is 7.91. The second-order valence-electron chi connectivity index (χ2n) is 7.70. The van der Waals surface area contributed by atoms with Gasteiger partial charge in [-0.15, -0.1) is 11.3 Å². The number of carboxylic acid groups (broad SMARTS) is 1. The molecule has 2 heterocycles. The van der Waals surface area contributed by atoms with E-state index < -0.39 is 34.5 Å². The molecule has 4 aromatic rings. The van der Waals surface area contributed by atoms with Crippen LogP contribution in [-0.2, 0) is 14.8 Å². The Bertz CT molecular complexity index is 1460. The molecule has 184 valence electrons. The summed E-state index contributed by atoms with van der Waals surface area (Å²) in [5, 5.41) is 14.7. The summed E-state index contributed by atoms with van der Waals surface area (Å²) >= 11 is 1.05. The van der Waals surface area contributed by atoms with Crippen molar-refractivity contribution in [3.63, 3.8) is 0 Å². The maximum atomic E-state index is 13.1. The molecule has 36 heavy (non-hydrogen) atoms. The van der Waals surface area contributed by atoms with Crippen LogP contribution in [0.1, 0.15) is 18.0 Å². The molecule has 4 N–H and O–H groups in total. The zero-order valence-corrected chi connectivity index (χ0v) is 20.4. The molecule has 2 amide bonds. The first-order valence-electron chi connectivity index (χ1n) is 10.8. The Morgan fingerprint density at radius 3 is 2.33 bits per heavy atom. The molecule has 0 radical (unpaired) electrons. The topological polar surface area (TPSA) is 137 Å². The molecule has 0 aliphatic carbocycles. The van der Waals surface area contributed by atoms with Crippen LogP contribution in [-0.4, -0.2) is 30.5 Å². The van der Waals surface area contributed by atoms with Crippen LogP contribution in [0.2, 0.25) is 0 Å². The number of carbonyl (C=O) groups excluding carboxylic acids is 1. The van der Waals surface area contributed by atoms with E-state index in [0.29, 0.717) is 27.4 Å². The van der Waals surface area contributed by atoms with Crippen molar-refractivity contribution in [1.29, 1.82) is 0 Å². The maximum Gasteiger partial charge on any atom is 0.323 e. The van der Waals surface area contributed by atoms with Gasteiger partial charge in [0.2, 0.25) is 0 Å². The molecule has 1 unspecified atom stereocenters. The van der Waals surface area contributed by atoms with Crippen molar-refractivity contribution in [2.75, 3.05) is 10.6 Å². The molecule has 4 rings (SSSR count). The largest absolute Gasteiger partial charge is 0.481 e. The first kappa shape index (κ1) is 25.0. The van der Waals surface area contributed by atoms with Crippen LogP contribution in [0.3, 0.4) is 0 Å². The Hall–Kier alpha value is -4.06. The fourth-order valence-corrected chi connectivity index (χ4v) is 5.98. The molecule has 0 aliphatic heterocycles. The van der Waals surface area contributed by atoms with Gasteiger partial charge in [0, 0.05) is 28.6 Å². The number of nitrogens with zero attached hydrogens (tertiary/aromatic N) is 1. The normalized spacial score (nSPS) is 12.0. The van der Waals surface area contributed by atoms with Gasteiger partial charge in [-0.05, 0) is 47.5 Å². The van der Waals surface area contributed by atoms with Crippen molar-refractivity contribution in [3.05, 3.63) is 96.8 Å². The van der Waals surface area contributed by atoms with Gasteiger partial charge in [-0.3, -0.25) is 9.78 Å². The predicted octanol–water partition coefficient (Wildman–Crippen LogP) is 4.95. The first-order valence-corrected chi connectivity index (χ1v) is 13.1. The van der Waals surface area contributed by atoms with Gasteiger partial charge >= 0.3 is 12.0 Å². The Labute approximate surface area is 211 Å². The van der Waals surface area contributed by atoms with Crippen molar-refractivity contribution in [2.45, 2.75) is 16.7 Å². The molecular weight excluding hydrogens is 500 g/mol. The molecule has 2 aromatic heterocycles. The Kier molecular flexibility index (Phi) is 7.74. The molecule has 0 saturated heterocycles. The Balaban J connectivity index is 1.49. The molecule has 2 aromatic carbocycles. The quantitative estimate of drug-likeness (QED) is 0.245. The van der Waals surface area contributed by atoms with Gasteiger partial charge in [-0.25, -0.2) is 17.9 Å². The van der Waals surface area contributed by atoms with Crippen LogP contribution in [0.25, 0.3) is 10.4 Å². The van der Waals surface area contributed by atoms with E-state index >= 15 is 0 Å². The van der Waals surface area contributed by atoms with Gasteiger partial charge in [-0.1, -0.05) is 42.5 Å². The molecule has 0 bridgehead atoms. The number of benzene rings is 2. The van der Waals surface area contributed by atoms with E-state index in [4.69, 9.17) is 0 Å². The first-order chi connectivity index (χ1) is 17.3.